The molecule has 1 saturated carbocycles. The minimum absolute atomic E-state index is 0.0155. The Hall–Kier alpha value is -1.10. The molecule has 2 rings (SSSR count). The Labute approximate surface area is 102 Å². The average Bonchev–Trinajstić information content (AvgIpc) is 2.30. The van der Waals surface area contributed by atoms with E-state index >= 15 is 0 Å². The van der Waals surface area contributed by atoms with E-state index in [1.165, 1.54) is 19.3 Å². The van der Waals surface area contributed by atoms with Crippen LogP contribution in [0, 0.1) is 0 Å². The summed E-state index contributed by atoms with van der Waals surface area (Å²) in [6, 6.07) is 0.356. The van der Waals surface area contributed by atoms with Gasteiger partial charge in [0.1, 0.15) is 0 Å². The van der Waals surface area contributed by atoms with Crippen molar-refractivity contribution in [1.82, 2.24) is 15.5 Å². The number of amides is 2. The summed E-state index contributed by atoms with van der Waals surface area (Å²) >= 11 is 0. The fourth-order valence-corrected chi connectivity index (χ4v) is 2.55. The number of nitrogens with zero attached hydrogens (tertiary/aromatic N) is 1. The molecule has 1 saturated heterocycles. The maximum absolute atomic E-state index is 11.8. The first-order valence-corrected chi connectivity index (χ1v) is 6.52. The van der Waals surface area contributed by atoms with E-state index in [0.717, 1.165) is 19.4 Å². The lowest BCUT2D eigenvalue weighted by atomic mass is 9.95. The second-order valence-electron chi connectivity index (χ2n) is 4.96. The zero-order chi connectivity index (χ0) is 12.1. The molecule has 0 aromatic heterocycles. The predicted molar refractivity (Wildman–Crippen MR) is 64.5 cm³/mol. The molecular weight excluding hydrogens is 218 g/mol. The van der Waals surface area contributed by atoms with Gasteiger partial charge >= 0.3 is 0 Å². The van der Waals surface area contributed by atoms with Gasteiger partial charge in [-0.3, -0.25) is 14.5 Å². The summed E-state index contributed by atoms with van der Waals surface area (Å²) in [5.41, 5.74) is 0. The lowest BCUT2D eigenvalue weighted by molar-refractivity contribution is -0.127. The highest BCUT2D eigenvalue weighted by Crippen LogP contribution is 2.17. The summed E-state index contributed by atoms with van der Waals surface area (Å²) in [7, 11) is 0. The highest BCUT2D eigenvalue weighted by atomic mass is 16.2. The molecule has 17 heavy (non-hydrogen) atoms. The predicted octanol–water partition coefficient (Wildman–Crippen LogP) is -0.133. The number of carbonyl (C=O) groups excluding carboxylic acids is 2. The Balaban J connectivity index is 1.70. The van der Waals surface area contributed by atoms with Crippen LogP contribution in [0.15, 0.2) is 0 Å². The van der Waals surface area contributed by atoms with Gasteiger partial charge in [-0.1, -0.05) is 19.3 Å². The SMILES string of the molecule is O=C1CN(CC(=O)NC2CCCCC2)CCN1. The molecule has 0 aromatic carbocycles. The molecule has 2 aliphatic rings. The molecule has 5 heteroatoms. The molecule has 0 bridgehead atoms. The summed E-state index contributed by atoms with van der Waals surface area (Å²) in [6.07, 6.45) is 5.94. The molecule has 1 aliphatic heterocycles. The van der Waals surface area contributed by atoms with Crippen LogP contribution in [0.25, 0.3) is 0 Å². The topological polar surface area (TPSA) is 61.4 Å². The van der Waals surface area contributed by atoms with E-state index in [9.17, 15) is 9.59 Å². The lowest BCUT2D eigenvalue weighted by Crippen LogP contribution is -2.51. The number of nitrogens with one attached hydrogen (secondary N) is 2. The van der Waals surface area contributed by atoms with Gasteiger partial charge in [-0.15, -0.1) is 0 Å². The Kier molecular flexibility index (Phi) is 4.36. The molecule has 0 spiro atoms. The zero-order valence-electron chi connectivity index (χ0n) is 10.2. The first kappa shape index (κ1) is 12.4. The molecule has 0 aromatic rings. The van der Waals surface area contributed by atoms with Gasteiger partial charge in [-0.05, 0) is 12.8 Å². The normalized spacial score (nSPS) is 23.2. The van der Waals surface area contributed by atoms with Crippen molar-refractivity contribution in [3.63, 3.8) is 0 Å². The quantitative estimate of drug-likeness (QED) is 0.721. The Morgan fingerprint density at radius 2 is 2.12 bits per heavy atom. The summed E-state index contributed by atoms with van der Waals surface area (Å²) in [4.78, 5) is 24.9. The summed E-state index contributed by atoms with van der Waals surface area (Å²) in [6.45, 7) is 2.11. The fraction of sp³-hybridized carbons (Fsp3) is 0.833. The van der Waals surface area contributed by atoms with Crippen molar-refractivity contribution in [2.45, 2.75) is 38.1 Å². The van der Waals surface area contributed by atoms with Gasteiger partial charge in [0.2, 0.25) is 11.8 Å². The third kappa shape index (κ3) is 4.00. The smallest absolute Gasteiger partial charge is 0.234 e. The van der Waals surface area contributed by atoms with E-state index in [4.69, 9.17) is 0 Å². The van der Waals surface area contributed by atoms with Gasteiger partial charge in [0.15, 0.2) is 0 Å². The van der Waals surface area contributed by atoms with Crippen LogP contribution in [0.3, 0.4) is 0 Å². The van der Waals surface area contributed by atoms with Gasteiger partial charge in [0.25, 0.3) is 0 Å². The summed E-state index contributed by atoms with van der Waals surface area (Å²) in [5.74, 6) is 0.0771. The molecule has 2 N–H and O–H groups in total. The van der Waals surface area contributed by atoms with Crippen molar-refractivity contribution in [3.05, 3.63) is 0 Å². The first-order valence-electron chi connectivity index (χ1n) is 6.52. The second kappa shape index (κ2) is 6.00. The average molecular weight is 239 g/mol. The van der Waals surface area contributed by atoms with E-state index < -0.39 is 0 Å². The van der Waals surface area contributed by atoms with Crippen LogP contribution in [-0.4, -0.2) is 48.9 Å². The van der Waals surface area contributed by atoms with E-state index in [-0.39, 0.29) is 11.8 Å². The fourth-order valence-electron chi connectivity index (χ4n) is 2.55. The van der Waals surface area contributed by atoms with Gasteiger partial charge < -0.3 is 10.6 Å². The molecule has 0 radical (unpaired) electrons. The van der Waals surface area contributed by atoms with Crippen LogP contribution >= 0.6 is 0 Å². The number of carbonyl (C=O) groups is 2. The molecule has 2 fully saturated rings. The van der Waals surface area contributed by atoms with Gasteiger partial charge in [-0.25, -0.2) is 0 Å². The van der Waals surface area contributed by atoms with E-state index in [0.29, 0.717) is 25.7 Å². The van der Waals surface area contributed by atoms with Crippen molar-refractivity contribution < 1.29 is 9.59 Å². The minimum Gasteiger partial charge on any atom is -0.354 e. The Bertz CT molecular complexity index is 287. The lowest BCUT2D eigenvalue weighted by Gasteiger charge is -2.28. The zero-order valence-corrected chi connectivity index (χ0v) is 10.2. The third-order valence-corrected chi connectivity index (χ3v) is 3.45. The number of hydrogen-bond acceptors (Lipinski definition) is 3. The first-order chi connectivity index (χ1) is 8.24. The van der Waals surface area contributed by atoms with Gasteiger partial charge in [0.05, 0.1) is 13.1 Å². The van der Waals surface area contributed by atoms with Crippen molar-refractivity contribution >= 4 is 11.8 Å². The van der Waals surface area contributed by atoms with Crippen molar-refractivity contribution in [2.75, 3.05) is 26.2 Å². The number of hydrogen-bond donors (Lipinski definition) is 2. The number of rotatable bonds is 3. The van der Waals surface area contributed by atoms with Gasteiger partial charge in [0, 0.05) is 19.1 Å². The molecule has 1 aliphatic carbocycles. The van der Waals surface area contributed by atoms with Crippen LogP contribution in [-0.2, 0) is 9.59 Å². The molecule has 1 heterocycles. The molecule has 5 nitrogen and oxygen atoms in total. The van der Waals surface area contributed by atoms with Crippen molar-refractivity contribution in [1.29, 1.82) is 0 Å². The van der Waals surface area contributed by atoms with E-state index in [2.05, 4.69) is 10.6 Å². The molecule has 0 unspecified atom stereocenters. The van der Waals surface area contributed by atoms with E-state index in [1.54, 1.807) is 0 Å². The highest BCUT2D eigenvalue weighted by Gasteiger charge is 2.20. The monoisotopic (exact) mass is 239 g/mol. The van der Waals surface area contributed by atoms with Crippen LogP contribution < -0.4 is 10.6 Å². The Morgan fingerprint density at radius 1 is 1.35 bits per heavy atom. The van der Waals surface area contributed by atoms with Gasteiger partial charge in [-0.2, -0.15) is 0 Å². The minimum atomic E-state index is 0.0155. The molecular formula is C12H21N3O2. The van der Waals surface area contributed by atoms with Crippen molar-refractivity contribution in [3.8, 4) is 0 Å². The van der Waals surface area contributed by atoms with Crippen LogP contribution in [0.5, 0.6) is 0 Å². The Morgan fingerprint density at radius 3 is 2.82 bits per heavy atom. The molecule has 96 valence electrons. The maximum Gasteiger partial charge on any atom is 0.234 e. The summed E-state index contributed by atoms with van der Waals surface area (Å²) < 4.78 is 0. The highest BCUT2D eigenvalue weighted by molar-refractivity contribution is 5.81. The van der Waals surface area contributed by atoms with Crippen molar-refractivity contribution in [2.24, 2.45) is 0 Å². The van der Waals surface area contributed by atoms with E-state index in [1.807, 2.05) is 4.90 Å². The van der Waals surface area contributed by atoms with Crippen LogP contribution in [0.2, 0.25) is 0 Å². The number of piperazine rings is 1. The summed E-state index contributed by atoms with van der Waals surface area (Å²) in [5, 5.41) is 5.82. The largest absolute Gasteiger partial charge is 0.354 e. The van der Waals surface area contributed by atoms with Crippen LogP contribution in [0.1, 0.15) is 32.1 Å². The standard InChI is InChI=1S/C12H21N3O2/c16-11-8-15(7-6-13-11)9-12(17)14-10-4-2-1-3-5-10/h10H,1-9H2,(H,13,16)(H,14,17). The van der Waals surface area contributed by atoms with Crippen LogP contribution in [0.4, 0.5) is 0 Å². The molecule has 2 amide bonds. The third-order valence-electron chi connectivity index (χ3n) is 3.45. The molecule has 0 atom stereocenters. The maximum atomic E-state index is 11.8. The second-order valence-corrected chi connectivity index (χ2v) is 4.96.